The number of nitrogen functional groups attached to an aromatic ring is 1. The van der Waals surface area contributed by atoms with E-state index in [-0.39, 0.29) is 41.4 Å². The van der Waals surface area contributed by atoms with E-state index < -0.39 is 0 Å². The SMILES string of the molecule is CSNc1cc(-c2ccn3nc(N)c(C(=O)NC4CCC(O)CC4)c3n2)cc2c1C(=O)N(C(C)C1CC1)C2. The maximum Gasteiger partial charge on any atom is 0.259 e. The first-order valence-corrected chi connectivity index (χ1v) is 14.5. The van der Waals surface area contributed by atoms with Crippen LogP contribution in [0, 0.1) is 5.92 Å². The number of nitrogens with zero attached hydrogens (tertiary/aromatic N) is 4. The minimum absolute atomic E-state index is 0.0150. The Morgan fingerprint density at radius 1 is 1.21 bits per heavy atom. The van der Waals surface area contributed by atoms with E-state index in [9.17, 15) is 14.7 Å². The van der Waals surface area contributed by atoms with Gasteiger partial charge in [-0.05, 0) is 75.1 Å². The number of nitrogens with one attached hydrogen (secondary N) is 2. The Balaban J connectivity index is 1.34. The summed E-state index contributed by atoms with van der Waals surface area (Å²) < 4.78 is 4.82. The van der Waals surface area contributed by atoms with Gasteiger partial charge in [-0.15, -0.1) is 5.10 Å². The van der Waals surface area contributed by atoms with Gasteiger partial charge in [-0.2, -0.15) is 0 Å². The molecular weight excluding hydrogens is 502 g/mol. The van der Waals surface area contributed by atoms with Crippen molar-refractivity contribution in [3.05, 3.63) is 41.1 Å². The van der Waals surface area contributed by atoms with Gasteiger partial charge in [0.1, 0.15) is 5.56 Å². The first kappa shape index (κ1) is 25.0. The fourth-order valence-electron chi connectivity index (χ4n) is 5.78. The number of aliphatic hydroxyl groups is 1. The van der Waals surface area contributed by atoms with Crippen LogP contribution in [0.2, 0.25) is 0 Å². The first-order chi connectivity index (χ1) is 18.3. The highest BCUT2D eigenvalue weighted by molar-refractivity contribution is 7.99. The molecule has 11 heteroatoms. The fraction of sp³-hybridized carbons (Fsp3) is 0.481. The number of anilines is 2. The van der Waals surface area contributed by atoms with Crippen LogP contribution in [0.3, 0.4) is 0 Å². The minimum Gasteiger partial charge on any atom is -0.393 e. The molecule has 5 N–H and O–H groups in total. The van der Waals surface area contributed by atoms with Crippen molar-refractivity contribution < 1.29 is 14.7 Å². The number of amides is 2. The minimum atomic E-state index is -0.308. The summed E-state index contributed by atoms with van der Waals surface area (Å²) in [7, 11) is 0. The van der Waals surface area contributed by atoms with E-state index in [2.05, 4.69) is 22.1 Å². The molecule has 1 aliphatic heterocycles. The number of nitrogens with two attached hydrogens (primary N) is 1. The maximum atomic E-state index is 13.4. The molecule has 2 aliphatic carbocycles. The van der Waals surface area contributed by atoms with Crippen LogP contribution in [0.4, 0.5) is 11.5 Å². The Bertz CT molecular complexity index is 1410. The molecule has 0 spiro atoms. The molecule has 1 unspecified atom stereocenters. The van der Waals surface area contributed by atoms with Crippen molar-refractivity contribution in [1.29, 1.82) is 0 Å². The molecule has 3 heterocycles. The smallest absolute Gasteiger partial charge is 0.259 e. The van der Waals surface area contributed by atoms with Gasteiger partial charge < -0.3 is 25.8 Å². The van der Waals surface area contributed by atoms with Crippen LogP contribution >= 0.6 is 11.9 Å². The van der Waals surface area contributed by atoms with Crippen molar-refractivity contribution in [3.8, 4) is 11.3 Å². The van der Waals surface area contributed by atoms with Crippen molar-refractivity contribution in [2.24, 2.45) is 5.92 Å². The van der Waals surface area contributed by atoms with Crippen LogP contribution < -0.4 is 15.8 Å². The van der Waals surface area contributed by atoms with E-state index in [1.165, 1.54) is 29.3 Å². The molecule has 1 atom stereocenters. The molecule has 2 saturated carbocycles. The third kappa shape index (κ3) is 4.47. The Morgan fingerprint density at radius 3 is 2.68 bits per heavy atom. The summed E-state index contributed by atoms with van der Waals surface area (Å²) in [6.07, 6.45) is 8.53. The summed E-state index contributed by atoms with van der Waals surface area (Å²) in [4.78, 5) is 33.4. The molecule has 3 aliphatic rings. The van der Waals surface area contributed by atoms with Crippen LogP contribution in [0.15, 0.2) is 24.4 Å². The van der Waals surface area contributed by atoms with Crippen molar-refractivity contribution in [1.82, 2.24) is 24.8 Å². The predicted molar refractivity (Wildman–Crippen MR) is 148 cm³/mol. The molecule has 1 aromatic carbocycles. The monoisotopic (exact) mass is 535 g/mol. The second kappa shape index (κ2) is 9.77. The molecule has 2 amide bonds. The van der Waals surface area contributed by atoms with E-state index >= 15 is 0 Å². The van der Waals surface area contributed by atoms with Gasteiger partial charge in [0.2, 0.25) is 0 Å². The molecule has 0 radical (unpaired) electrons. The average Bonchev–Trinajstić information content (AvgIpc) is 3.62. The Hall–Kier alpha value is -3.31. The van der Waals surface area contributed by atoms with E-state index in [0.29, 0.717) is 36.6 Å². The molecular formula is C27H33N7O3S. The number of aromatic nitrogens is 3. The summed E-state index contributed by atoms with van der Waals surface area (Å²) in [6.45, 7) is 2.72. The maximum absolute atomic E-state index is 13.4. The molecule has 38 heavy (non-hydrogen) atoms. The van der Waals surface area contributed by atoms with Crippen molar-refractivity contribution in [3.63, 3.8) is 0 Å². The third-order valence-electron chi connectivity index (χ3n) is 8.11. The van der Waals surface area contributed by atoms with Crippen LogP contribution in [0.25, 0.3) is 16.9 Å². The second-order valence-corrected chi connectivity index (χ2v) is 11.3. The lowest BCUT2D eigenvalue weighted by molar-refractivity contribution is 0.0698. The zero-order valence-corrected chi connectivity index (χ0v) is 22.4. The summed E-state index contributed by atoms with van der Waals surface area (Å²) in [5.41, 5.74) is 10.8. The standard InChI is InChI=1S/C27H33N7O3S/c1-14(15-3-4-15)33-13-17-11-16(12-21(32-38-2)22(17)27(33)37)20-9-10-34-25(30-20)23(24(28)31-34)26(36)29-18-5-7-19(35)8-6-18/h9-12,14-15,18-19,32,35H,3-8,13H2,1-2H3,(H2,28,31)(H,29,36). The molecule has 2 aromatic heterocycles. The van der Waals surface area contributed by atoms with Crippen molar-refractivity contribution in [2.75, 3.05) is 16.7 Å². The van der Waals surface area contributed by atoms with Gasteiger partial charge in [0.05, 0.1) is 23.0 Å². The van der Waals surface area contributed by atoms with Gasteiger partial charge in [-0.3, -0.25) is 9.59 Å². The zero-order chi connectivity index (χ0) is 26.6. The lowest BCUT2D eigenvalue weighted by Gasteiger charge is -2.26. The number of fused-ring (bicyclic) bond motifs is 2. The Morgan fingerprint density at radius 2 is 1.97 bits per heavy atom. The van der Waals surface area contributed by atoms with E-state index in [0.717, 1.165) is 35.2 Å². The van der Waals surface area contributed by atoms with Crippen LogP contribution in [-0.2, 0) is 6.54 Å². The molecule has 2 fully saturated rings. The fourth-order valence-corrected chi connectivity index (χ4v) is 6.16. The Labute approximate surface area is 225 Å². The van der Waals surface area contributed by atoms with Crippen molar-refractivity contribution >= 4 is 40.9 Å². The largest absolute Gasteiger partial charge is 0.393 e. The van der Waals surface area contributed by atoms with Gasteiger partial charge in [0.15, 0.2) is 11.5 Å². The number of carbonyl (C=O) groups excluding carboxylic acids is 2. The predicted octanol–water partition coefficient (Wildman–Crippen LogP) is 3.46. The van der Waals surface area contributed by atoms with Crippen LogP contribution in [0.5, 0.6) is 0 Å². The van der Waals surface area contributed by atoms with Gasteiger partial charge in [-0.1, -0.05) is 11.9 Å². The highest BCUT2D eigenvalue weighted by Crippen LogP contribution is 2.41. The van der Waals surface area contributed by atoms with E-state index in [1.54, 1.807) is 6.20 Å². The number of rotatable bonds is 7. The van der Waals surface area contributed by atoms with Crippen molar-refractivity contribution in [2.45, 2.75) is 70.2 Å². The number of hydrogen-bond acceptors (Lipinski definition) is 8. The quantitative estimate of drug-likeness (QED) is 0.338. The highest BCUT2D eigenvalue weighted by atomic mass is 32.2. The lowest BCUT2D eigenvalue weighted by atomic mass is 9.93. The van der Waals surface area contributed by atoms with Gasteiger partial charge in [0.25, 0.3) is 11.8 Å². The normalized spacial score (nSPS) is 22.0. The molecule has 0 bridgehead atoms. The van der Waals surface area contributed by atoms with Crippen LogP contribution in [-0.4, -0.2) is 60.9 Å². The molecule has 10 nitrogen and oxygen atoms in total. The molecule has 6 rings (SSSR count). The summed E-state index contributed by atoms with van der Waals surface area (Å²) >= 11 is 1.44. The number of aliphatic hydroxyl groups excluding tert-OH is 1. The summed E-state index contributed by atoms with van der Waals surface area (Å²) in [5, 5.41) is 17.1. The highest BCUT2D eigenvalue weighted by Gasteiger charge is 2.40. The zero-order valence-electron chi connectivity index (χ0n) is 21.6. The van der Waals surface area contributed by atoms with Crippen LogP contribution in [0.1, 0.15) is 71.7 Å². The van der Waals surface area contributed by atoms with Gasteiger partial charge in [-0.25, -0.2) is 9.50 Å². The topological polar surface area (TPSA) is 138 Å². The number of hydrogen-bond donors (Lipinski definition) is 4. The number of carbonyl (C=O) groups is 2. The average molecular weight is 536 g/mol. The van der Waals surface area contributed by atoms with E-state index in [4.69, 9.17) is 10.7 Å². The Kier molecular flexibility index (Phi) is 6.43. The van der Waals surface area contributed by atoms with Gasteiger partial charge in [0, 0.05) is 36.6 Å². The molecule has 0 saturated heterocycles. The van der Waals surface area contributed by atoms with E-state index in [1.807, 2.05) is 29.4 Å². The first-order valence-electron chi connectivity index (χ1n) is 13.2. The lowest BCUT2D eigenvalue weighted by Crippen LogP contribution is -2.38. The summed E-state index contributed by atoms with van der Waals surface area (Å²) in [5.74, 6) is 0.475. The molecule has 3 aromatic rings. The molecule has 200 valence electrons. The summed E-state index contributed by atoms with van der Waals surface area (Å²) in [6, 6.07) is 6.03. The number of benzene rings is 1. The third-order valence-corrected chi connectivity index (χ3v) is 8.53. The van der Waals surface area contributed by atoms with Gasteiger partial charge >= 0.3 is 0 Å². The second-order valence-electron chi connectivity index (χ2n) is 10.7.